The van der Waals surface area contributed by atoms with Gasteiger partial charge < -0.3 is 9.84 Å². The minimum atomic E-state index is 0.112. The summed E-state index contributed by atoms with van der Waals surface area (Å²) in [4.78, 5) is 0. The van der Waals surface area contributed by atoms with Gasteiger partial charge in [0.1, 0.15) is 11.8 Å². The van der Waals surface area contributed by atoms with Gasteiger partial charge in [0.2, 0.25) is 0 Å². The molecule has 0 radical (unpaired) electrons. The van der Waals surface area contributed by atoms with Gasteiger partial charge in [0.15, 0.2) is 11.5 Å². The number of phenols is 1. The van der Waals surface area contributed by atoms with E-state index in [1.54, 1.807) is 36.4 Å². The van der Waals surface area contributed by atoms with Crippen LogP contribution in [0.5, 0.6) is 17.2 Å². The number of nitrogens with zero attached hydrogens (tertiary/aromatic N) is 1. The first-order valence-corrected chi connectivity index (χ1v) is 7.73. The van der Waals surface area contributed by atoms with Crippen LogP contribution in [0, 0.1) is 11.3 Å². The van der Waals surface area contributed by atoms with Crippen LogP contribution in [0.1, 0.15) is 43.7 Å². The van der Waals surface area contributed by atoms with Gasteiger partial charge in [0.25, 0.3) is 0 Å². The fourth-order valence-electron chi connectivity index (χ4n) is 2.33. The van der Waals surface area contributed by atoms with Crippen LogP contribution in [-0.4, -0.2) is 5.11 Å². The summed E-state index contributed by atoms with van der Waals surface area (Å²) < 4.78 is 5.66. The topological polar surface area (TPSA) is 53.2 Å². The number of aryl methyl sites for hydroxylation is 1. The number of unbranched alkanes of at least 4 members (excludes halogenated alkanes) is 3. The molecule has 0 saturated heterocycles. The van der Waals surface area contributed by atoms with Gasteiger partial charge in [-0.15, -0.1) is 0 Å². The van der Waals surface area contributed by atoms with Crippen LogP contribution in [0.15, 0.2) is 42.5 Å². The molecule has 0 heterocycles. The summed E-state index contributed by atoms with van der Waals surface area (Å²) in [5.41, 5.74) is 1.56. The zero-order chi connectivity index (χ0) is 15.8. The van der Waals surface area contributed by atoms with Gasteiger partial charge in [0, 0.05) is 0 Å². The Morgan fingerprint density at radius 1 is 1.05 bits per heavy atom. The van der Waals surface area contributed by atoms with Crippen molar-refractivity contribution in [2.45, 2.75) is 39.0 Å². The predicted octanol–water partition coefficient (Wildman–Crippen LogP) is 5.18. The number of para-hydroxylation sites is 1. The molecule has 2 aromatic rings. The predicted molar refractivity (Wildman–Crippen MR) is 87.2 cm³/mol. The highest BCUT2D eigenvalue weighted by Crippen LogP contribution is 2.33. The average molecular weight is 294 g/mol. The van der Waals surface area contributed by atoms with Gasteiger partial charge in [-0.3, -0.25) is 0 Å². The van der Waals surface area contributed by atoms with Crippen molar-refractivity contribution < 1.29 is 9.84 Å². The summed E-state index contributed by atoms with van der Waals surface area (Å²) in [5, 5.41) is 19.2. The molecular formula is C19H21NO2. The molecule has 0 aliphatic rings. The van der Waals surface area contributed by atoms with Crippen LogP contribution < -0.4 is 4.74 Å². The van der Waals surface area contributed by atoms with Crippen molar-refractivity contribution >= 4 is 0 Å². The van der Waals surface area contributed by atoms with Crippen molar-refractivity contribution in [1.82, 2.24) is 0 Å². The first kappa shape index (κ1) is 15.9. The molecule has 0 aromatic heterocycles. The Hall–Kier alpha value is -2.47. The lowest BCUT2D eigenvalue weighted by molar-refractivity contribution is 0.410. The van der Waals surface area contributed by atoms with E-state index in [2.05, 4.69) is 13.0 Å². The summed E-state index contributed by atoms with van der Waals surface area (Å²) in [6.07, 6.45) is 5.77. The Balaban J connectivity index is 2.05. The quantitative estimate of drug-likeness (QED) is 0.716. The molecule has 2 aromatic carbocycles. The fourth-order valence-corrected chi connectivity index (χ4v) is 2.33. The summed E-state index contributed by atoms with van der Waals surface area (Å²) in [7, 11) is 0. The average Bonchev–Trinajstić information content (AvgIpc) is 2.54. The Morgan fingerprint density at radius 3 is 2.59 bits per heavy atom. The fraction of sp³-hybridized carbons (Fsp3) is 0.316. The highest BCUT2D eigenvalue weighted by Gasteiger charge is 2.08. The number of nitriles is 1. The third-order valence-electron chi connectivity index (χ3n) is 3.57. The van der Waals surface area contributed by atoms with Crippen molar-refractivity contribution in [2.24, 2.45) is 0 Å². The summed E-state index contributed by atoms with van der Waals surface area (Å²) in [6, 6.07) is 14.5. The van der Waals surface area contributed by atoms with Crippen molar-refractivity contribution in [3.63, 3.8) is 0 Å². The molecule has 0 saturated carbocycles. The molecule has 22 heavy (non-hydrogen) atoms. The molecule has 114 valence electrons. The monoisotopic (exact) mass is 294 g/mol. The van der Waals surface area contributed by atoms with E-state index >= 15 is 0 Å². The lowest BCUT2D eigenvalue weighted by Crippen LogP contribution is -1.91. The van der Waals surface area contributed by atoms with E-state index in [1.165, 1.54) is 19.3 Å². The zero-order valence-electron chi connectivity index (χ0n) is 12.9. The molecule has 0 aliphatic carbocycles. The number of hydrogen-bond donors (Lipinski definition) is 1. The van der Waals surface area contributed by atoms with Crippen LogP contribution in [-0.2, 0) is 6.42 Å². The van der Waals surface area contributed by atoms with E-state index in [4.69, 9.17) is 10.00 Å². The van der Waals surface area contributed by atoms with Crippen molar-refractivity contribution in [3.05, 3.63) is 53.6 Å². The maximum absolute atomic E-state index is 10.1. The molecule has 0 unspecified atom stereocenters. The standard InChI is InChI=1S/C19H21NO2/c1-2-3-4-5-8-15-11-12-19(17(21)13-15)22-18-10-7-6-9-16(18)14-20/h6-7,9-13,21H,2-5,8H2,1H3/i14-1. The molecule has 0 amide bonds. The first-order chi connectivity index (χ1) is 10.7. The maximum Gasteiger partial charge on any atom is 0.169 e. The summed E-state index contributed by atoms with van der Waals surface area (Å²) in [6.45, 7) is 2.19. The van der Waals surface area contributed by atoms with E-state index in [-0.39, 0.29) is 5.75 Å². The third-order valence-corrected chi connectivity index (χ3v) is 3.57. The SMILES string of the molecule is CCCCCCc1ccc(Oc2ccccc2[11C]#N)c(O)c1. The van der Waals surface area contributed by atoms with E-state index in [0.29, 0.717) is 17.1 Å². The second-order valence-electron chi connectivity index (χ2n) is 5.32. The number of hydrogen-bond acceptors (Lipinski definition) is 3. The van der Waals surface area contributed by atoms with E-state index in [9.17, 15) is 5.11 Å². The van der Waals surface area contributed by atoms with Gasteiger partial charge in [-0.05, 0) is 42.7 Å². The molecular weight excluding hydrogens is 273 g/mol. The number of phenolic OH excluding ortho intramolecular Hbond substituents is 1. The third kappa shape index (κ3) is 4.26. The molecule has 0 spiro atoms. The van der Waals surface area contributed by atoms with E-state index in [0.717, 1.165) is 18.4 Å². The summed E-state index contributed by atoms with van der Waals surface area (Å²) >= 11 is 0. The Kier molecular flexibility index (Phi) is 5.85. The maximum atomic E-state index is 10.1. The minimum absolute atomic E-state index is 0.112. The van der Waals surface area contributed by atoms with Crippen molar-refractivity contribution in [2.75, 3.05) is 0 Å². The van der Waals surface area contributed by atoms with Crippen molar-refractivity contribution in [1.29, 1.82) is 5.26 Å². The minimum Gasteiger partial charge on any atom is -0.504 e. The molecule has 0 atom stereocenters. The highest BCUT2D eigenvalue weighted by atomic mass is 16.5. The molecule has 0 fully saturated rings. The summed E-state index contributed by atoms with van der Waals surface area (Å²) in [5.74, 6) is 0.941. The molecule has 3 nitrogen and oxygen atoms in total. The van der Waals surface area contributed by atoms with Crippen LogP contribution in [0.2, 0.25) is 0 Å². The van der Waals surface area contributed by atoms with Gasteiger partial charge in [-0.2, -0.15) is 5.26 Å². The normalized spacial score (nSPS) is 10.2. The number of ether oxygens (including phenoxy) is 1. The van der Waals surface area contributed by atoms with Gasteiger partial charge in [0.05, 0.1) is 5.56 Å². The Bertz CT molecular complexity index is 659. The molecule has 0 aliphatic heterocycles. The van der Waals surface area contributed by atoms with Crippen LogP contribution in [0.25, 0.3) is 0 Å². The van der Waals surface area contributed by atoms with Crippen LogP contribution >= 0.6 is 0 Å². The second-order valence-corrected chi connectivity index (χ2v) is 5.32. The number of rotatable bonds is 7. The second kappa shape index (κ2) is 8.09. The van der Waals surface area contributed by atoms with E-state index < -0.39 is 0 Å². The van der Waals surface area contributed by atoms with E-state index in [1.807, 2.05) is 6.07 Å². The molecule has 2 rings (SSSR count). The molecule has 1 N–H and O–H groups in total. The molecule has 3 heteroatoms. The lowest BCUT2D eigenvalue weighted by atomic mass is 10.00. The highest BCUT2D eigenvalue weighted by molar-refractivity contribution is 5.49. The zero-order valence-corrected chi connectivity index (χ0v) is 12.9. The Labute approximate surface area is 131 Å². The van der Waals surface area contributed by atoms with Crippen LogP contribution in [0.3, 0.4) is 0 Å². The number of aromatic hydroxyl groups is 1. The molecule has 0 bridgehead atoms. The van der Waals surface area contributed by atoms with Crippen molar-refractivity contribution in [3.8, 4) is 23.3 Å². The first-order valence-electron chi connectivity index (χ1n) is 7.73. The van der Waals surface area contributed by atoms with Gasteiger partial charge in [-0.1, -0.05) is 44.4 Å². The largest absolute Gasteiger partial charge is 0.504 e. The number of benzene rings is 2. The Morgan fingerprint density at radius 2 is 1.86 bits per heavy atom. The smallest absolute Gasteiger partial charge is 0.169 e. The van der Waals surface area contributed by atoms with Gasteiger partial charge in [-0.25, -0.2) is 0 Å². The lowest BCUT2D eigenvalue weighted by Gasteiger charge is -2.10. The van der Waals surface area contributed by atoms with Gasteiger partial charge >= 0.3 is 0 Å². The van der Waals surface area contributed by atoms with Crippen LogP contribution in [0.4, 0.5) is 0 Å².